The van der Waals surface area contributed by atoms with Crippen LogP contribution in [0.25, 0.3) is 5.69 Å². The van der Waals surface area contributed by atoms with Crippen molar-refractivity contribution < 1.29 is 4.79 Å². The zero-order valence-corrected chi connectivity index (χ0v) is 21.1. The van der Waals surface area contributed by atoms with Crippen molar-refractivity contribution in [2.24, 2.45) is 17.8 Å². The van der Waals surface area contributed by atoms with Crippen LogP contribution in [0, 0.1) is 17.8 Å². The normalized spacial score (nSPS) is 27.1. The van der Waals surface area contributed by atoms with Crippen molar-refractivity contribution in [3.05, 3.63) is 86.3 Å². The smallest absolute Gasteiger partial charge is 0.284 e. The molecule has 5 nitrogen and oxygen atoms in total. The van der Waals surface area contributed by atoms with Crippen molar-refractivity contribution in [2.75, 3.05) is 0 Å². The predicted octanol–water partition coefficient (Wildman–Crippen LogP) is 6.08. The van der Waals surface area contributed by atoms with Crippen molar-refractivity contribution in [3.8, 4) is 5.69 Å². The highest BCUT2D eigenvalue weighted by atomic mass is 35.5. The molecule has 3 aromatic rings. The Morgan fingerprint density at radius 3 is 2.63 bits per heavy atom. The Bertz CT molecular complexity index is 1330. The van der Waals surface area contributed by atoms with Crippen molar-refractivity contribution in [1.82, 2.24) is 14.7 Å². The van der Waals surface area contributed by atoms with Crippen LogP contribution in [-0.4, -0.2) is 20.8 Å². The van der Waals surface area contributed by atoms with Crippen LogP contribution in [0.3, 0.4) is 0 Å². The van der Waals surface area contributed by atoms with Crippen molar-refractivity contribution in [2.45, 2.75) is 57.0 Å². The van der Waals surface area contributed by atoms with Gasteiger partial charge in [0.2, 0.25) is 0 Å². The summed E-state index contributed by atoms with van der Waals surface area (Å²) in [6, 6.07) is 14.9. The van der Waals surface area contributed by atoms with E-state index in [0.29, 0.717) is 40.0 Å². The average molecular weight is 510 g/mol. The van der Waals surface area contributed by atoms with Crippen LogP contribution < -0.4 is 10.9 Å². The summed E-state index contributed by atoms with van der Waals surface area (Å²) >= 11 is 12.6. The van der Waals surface area contributed by atoms with Crippen LogP contribution in [-0.2, 0) is 6.54 Å². The first-order valence-electron chi connectivity index (χ1n) is 12.6. The van der Waals surface area contributed by atoms with E-state index >= 15 is 0 Å². The summed E-state index contributed by atoms with van der Waals surface area (Å²) in [5, 5.41) is 4.22. The maximum atomic E-state index is 13.7. The summed E-state index contributed by atoms with van der Waals surface area (Å²) in [4.78, 5) is 27.3. The van der Waals surface area contributed by atoms with Gasteiger partial charge in [-0.2, -0.15) is 0 Å². The monoisotopic (exact) mass is 509 g/mol. The highest BCUT2D eigenvalue weighted by Gasteiger charge is 2.52. The van der Waals surface area contributed by atoms with Gasteiger partial charge in [0.15, 0.2) is 0 Å². The number of amides is 1. The van der Waals surface area contributed by atoms with Crippen LogP contribution in [0.15, 0.2) is 59.5 Å². The zero-order valence-electron chi connectivity index (χ0n) is 19.6. The molecule has 7 heteroatoms. The molecule has 4 unspecified atom stereocenters. The van der Waals surface area contributed by atoms with Crippen molar-refractivity contribution in [3.63, 3.8) is 0 Å². The number of carbonyl (C=O) groups excluding carboxylic acids is 1. The van der Waals surface area contributed by atoms with E-state index in [1.807, 2.05) is 30.3 Å². The van der Waals surface area contributed by atoms with Gasteiger partial charge in [0.25, 0.3) is 11.5 Å². The third-order valence-corrected chi connectivity index (χ3v) is 8.92. The molecule has 0 saturated heterocycles. The molecule has 4 atom stereocenters. The fourth-order valence-electron chi connectivity index (χ4n) is 7.05. The number of halogens is 2. The van der Waals surface area contributed by atoms with Crippen LogP contribution in [0.5, 0.6) is 0 Å². The van der Waals surface area contributed by atoms with Crippen LogP contribution in [0.4, 0.5) is 0 Å². The summed E-state index contributed by atoms with van der Waals surface area (Å²) in [5.41, 5.74) is 1.13. The van der Waals surface area contributed by atoms with Gasteiger partial charge < -0.3 is 5.32 Å². The molecule has 3 saturated carbocycles. The lowest BCUT2D eigenvalue weighted by Crippen LogP contribution is -2.50. The summed E-state index contributed by atoms with van der Waals surface area (Å²) in [7, 11) is 0. The Morgan fingerprint density at radius 2 is 1.83 bits per heavy atom. The molecular formula is C28H29Cl2N3O2. The molecule has 1 heterocycles. The molecule has 3 bridgehead atoms. The summed E-state index contributed by atoms with van der Waals surface area (Å²) in [6.07, 6.45) is 9.94. The second-order valence-electron chi connectivity index (χ2n) is 10.7. The van der Waals surface area contributed by atoms with E-state index in [2.05, 4.69) is 5.32 Å². The third kappa shape index (κ3) is 4.23. The van der Waals surface area contributed by atoms with E-state index in [9.17, 15) is 9.59 Å². The molecule has 1 aromatic heterocycles. The number of hydrogen-bond donors (Lipinski definition) is 1. The number of hydrogen-bond acceptors (Lipinski definition) is 2. The largest absolute Gasteiger partial charge is 0.346 e. The van der Waals surface area contributed by atoms with Gasteiger partial charge in [-0.3, -0.25) is 14.3 Å². The number of aromatic nitrogens is 2. The Balaban J connectivity index is 1.37. The Hall–Kier alpha value is -2.50. The van der Waals surface area contributed by atoms with Gasteiger partial charge >= 0.3 is 0 Å². The lowest BCUT2D eigenvalue weighted by molar-refractivity contribution is 0.0850. The first kappa shape index (κ1) is 22.9. The second kappa shape index (κ2) is 8.86. The van der Waals surface area contributed by atoms with Crippen LogP contribution >= 0.6 is 23.2 Å². The Labute approximate surface area is 215 Å². The topological polar surface area (TPSA) is 56.0 Å². The molecule has 0 spiro atoms. The quantitative estimate of drug-likeness (QED) is 0.452. The van der Waals surface area contributed by atoms with Gasteiger partial charge in [0, 0.05) is 16.8 Å². The first-order valence-corrected chi connectivity index (χ1v) is 13.3. The van der Waals surface area contributed by atoms with Crippen molar-refractivity contribution >= 4 is 29.1 Å². The molecule has 1 N–H and O–H groups in total. The van der Waals surface area contributed by atoms with E-state index in [4.69, 9.17) is 23.2 Å². The van der Waals surface area contributed by atoms with Gasteiger partial charge in [-0.25, -0.2) is 4.68 Å². The molecule has 3 fully saturated rings. The lowest BCUT2D eigenvalue weighted by atomic mass is 9.75. The Kier molecular flexibility index (Phi) is 5.81. The van der Waals surface area contributed by atoms with Crippen LogP contribution in [0.1, 0.15) is 60.9 Å². The minimum atomic E-state index is -0.371. The number of carbonyl (C=O) groups is 1. The summed E-state index contributed by atoms with van der Waals surface area (Å²) in [6.45, 7) is 0.430. The number of nitrogens with zero attached hydrogens (tertiary/aromatic N) is 2. The number of nitrogens with one attached hydrogen (secondary N) is 1. The van der Waals surface area contributed by atoms with Gasteiger partial charge in [0.05, 0.1) is 17.3 Å². The molecule has 1 amide bonds. The van der Waals surface area contributed by atoms with Gasteiger partial charge in [-0.05, 0) is 67.2 Å². The molecule has 2 aromatic carbocycles. The maximum absolute atomic E-state index is 13.7. The number of benzene rings is 2. The van der Waals surface area contributed by atoms with E-state index in [1.165, 1.54) is 30.4 Å². The maximum Gasteiger partial charge on any atom is 0.284 e. The number of fused-ring (bicyclic) bond motifs is 2. The minimum absolute atomic E-state index is 0.153. The van der Waals surface area contributed by atoms with Crippen molar-refractivity contribution in [1.29, 1.82) is 0 Å². The molecule has 182 valence electrons. The number of rotatable bonds is 5. The van der Waals surface area contributed by atoms with E-state index in [1.54, 1.807) is 29.1 Å². The molecule has 6 rings (SSSR count). The molecule has 35 heavy (non-hydrogen) atoms. The molecule has 0 radical (unpaired) electrons. The SMILES string of the molecule is O=C(NC12CC3CCCC(C1)C(C3)C2)c1cn(Cc2ccccc2)n(-c2ccc(Cl)cc2Cl)c1=O. The predicted molar refractivity (Wildman–Crippen MR) is 139 cm³/mol. The standard InChI is InChI=1S/C28H29Cl2N3O2/c29-22-9-10-25(24(30)12-22)33-27(35)23(17-32(33)16-18-5-2-1-3-6-18)26(34)31-28-13-19-7-4-8-20(14-28)21(11-19)15-28/h1-3,5-6,9-10,12,17,19-21H,4,7-8,11,13-16H2,(H,31,34). The zero-order chi connectivity index (χ0) is 24.2. The van der Waals surface area contributed by atoms with Crippen LogP contribution in [0.2, 0.25) is 10.0 Å². The molecule has 3 aliphatic carbocycles. The molecule has 3 aliphatic rings. The van der Waals surface area contributed by atoms with E-state index in [-0.39, 0.29) is 22.6 Å². The fraction of sp³-hybridized carbons (Fsp3) is 0.429. The van der Waals surface area contributed by atoms with E-state index in [0.717, 1.165) is 24.8 Å². The third-order valence-electron chi connectivity index (χ3n) is 8.38. The second-order valence-corrected chi connectivity index (χ2v) is 11.6. The average Bonchev–Trinajstić information content (AvgIpc) is 3.21. The lowest BCUT2D eigenvalue weighted by Gasteiger charge is -2.38. The molecular weight excluding hydrogens is 481 g/mol. The van der Waals surface area contributed by atoms with Gasteiger partial charge in [-0.1, -0.05) is 72.8 Å². The van der Waals surface area contributed by atoms with Gasteiger partial charge in [-0.15, -0.1) is 0 Å². The highest BCUT2D eigenvalue weighted by molar-refractivity contribution is 6.35. The highest BCUT2D eigenvalue weighted by Crippen LogP contribution is 2.55. The van der Waals surface area contributed by atoms with E-state index < -0.39 is 0 Å². The fourth-order valence-corrected chi connectivity index (χ4v) is 7.54. The summed E-state index contributed by atoms with van der Waals surface area (Å²) in [5.74, 6) is 1.83. The van der Waals surface area contributed by atoms with Gasteiger partial charge in [0.1, 0.15) is 5.56 Å². The first-order chi connectivity index (χ1) is 16.9. The Morgan fingerprint density at radius 1 is 1.03 bits per heavy atom. The minimum Gasteiger partial charge on any atom is -0.346 e. The molecule has 0 aliphatic heterocycles. The summed E-state index contributed by atoms with van der Waals surface area (Å²) < 4.78 is 3.26.